The summed E-state index contributed by atoms with van der Waals surface area (Å²) in [4.78, 5) is 12.6. The first kappa shape index (κ1) is 20.6. The average Bonchev–Trinajstić information content (AvgIpc) is 3.33. The molecular weight excluding hydrogens is 496 g/mol. The number of fused-ring (bicyclic) bond motifs is 1. The van der Waals surface area contributed by atoms with E-state index in [0.717, 1.165) is 32.9 Å². The minimum Gasteiger partial charge on any atom is -0.487 e. The SMILES string of the molecule is C[C@]12CCCC[C@@H]1[C@@H]2C(=O)N/N=C\c1cc(Br)cc(Br)c1OCc1ccccc1. The van der Waals surface area contributed by atoms with Crippen molar-refractivity contribution in [2.75, 3.05) is 0 Å². The van der Waals surface area contributed by atoms with Gasteiger partial charge in [-0.3, -0.25) is 4.79 Å². The molecule has 0 aromatic heterocycles. The number of halogens is 2. The Labute approximate surface area is 188 Å². The Kier molecular flexibility index (Phi) is 6.11. The molecule has 0 heterocycles. The zero-order valence-electron chi connectivity index (χ0n) is 16.3. The van der Waals surface area contributed by atoms with Gasteiger partial charge in [0.15, 0.2) is 0 Å². The standard InChI is InChI=1S/C23H24Br2N2O2/c1-23-10-6-5-9-18(23)20(23)22(28)27-26-13-16-11-17(24)12-19(25)21(16)29-14-15-7-3-2-4-8-15/h2-4,7-8,11-13,18,20H,5-6,9-10,14H2,1H3,(H,27,28)/b26-13-/t18-,20-,23+/m1/s1. The van der Waals surface area contributed by atoms with Gasteiger partial charge in [0.25, 0.3) is 0 Å². The number of benzene rings is 2. The van der Waals surface area contributed by atoms with Crippen LogP contribution < -0.4 is 10.2 Å². The second kappa shape index (κ2) is 8.60. The van der Waals surface area contributed by atoms with Gasteiger partial charge in [-0.05, 0) is 57.8 Å². The van der Waals surface area contributed by atoms with Crippen molar-refractivity contribution in [1.29, 1.82) is 0 Å². The second-order valence-corrected chi connectivity index (χ2v) is 9.92. The zero-order valence-corrected chi connectivity index (χ0v) is 19.5. The molecule has 2 aromatic carbocycles. The summed E-state index contributed by atoms with van der Waals surface area (Å²) in [5.41, 5.74) is 4.82. The summed E-state index contributed by atoms with van der Waals surface area (Å²) in [6, 6.07) is 13.9. The Balaban J connectivity index is 1.44. The van der Waals surface area contributed by atoms with Crippen LogP contribution in [0.3, 0.4) is 0 Å². The number of hydrogen-bond donors (Lipinski definition) is 1. The predicted molar refractivity (Wildman–Crippen MR) is 122 cm³/mol. The quantitative estimate of drug-likeness (QED) is 0.372. The van der Waals surface area contributed by atoms with Crippen LogP contribution in [-0.4, -0.2) is 12.1 Å². The maximum atomic E-state index is 12.6. The summed E-state index contributed by atoms with van der Waals surface area (Å²) in [5, 5.41) is 4.24. The number of ether oxygens (including phenoxy) is 1. The van der Waals surface area contributed by atoms with Gasteiger partial charge in [0.05, 0.1) is 10.7 Å². The Bertz CT molecular complexity index is 932. The van der Waals surface area contributed by atoms with E-state index in [-0.39, 0.29) is 17.2 Å². The molecule has 152 valence electrons. The van der Waals surface area contributed by atoms with E-state index in [1.165, 1.54) is 12.8 Å². The third kappa shape index (κ3) is 4.43. The van der Waals surface area contributed by atoms with E-state index < -0.39 is 0 Å². The van der Waals surface area contributed by atoms with E-state index >= 15 is 0 Å². The first-order valence-corrected chi connectivity index (χ1v) is 11.6. The smallest absolute Gasteiger partial charge is 0.244 e. The van der Waals surface area contributed by atoms with Gasteiger partial charge in [-0.15, -0.1) is 0 Å². The predicted octanol–water partition coefficient (Wildman–Crippen LogP) is 6.07. The lowest BCUT2D eigenvalue weighted by molar-refractivity contribution is -0.123. The van der Waals surface area contributed by atoms with Gasteiger partial charge >= 0.3 is 0 Å². The van der Waals surface area contributed by atoms with E-state index in [1.54, 1.807) is 6.21 Å². The topological polar surface area (TPSA) is 50.7 Å². The second-order valence-electron chi connectivity index (χ2n) is 8.15. The van der Waals surface area contributed by atoms with Gasteiger partial charge in [-0.1, -0.05) is 66.0 Å². The van der Waals surface area contributed by atoms with Gasteiger partial charge in [-0.25, -0.2) is 5.43 Å². The van der Waals surface area contributed by atoms with Crippen molar-refractivity contribution in [2.24, 2.45) is 22.4 Å². The lowest BCUT2D eigenvalue weighted by Gasteiger charge is -2.15. The van der Waals surface area contributed by atoms with Crippen molar-refractivity contribution in [2.45, 2.75) is 39.2 Å². The average molecular weight is 520 g/mol. The fourth-order valence-corrected chi connectivity index (χ4v) is 6.02. The first-order valence-electron chi connectivity index (χ1n) is 9.98. The molecule has 2 aliphatic rings. The maximum absolute atomic E-state index is 12.6. The van der Waals surface area contributed by atoms with E-state index in [2.05, 4.69) is 49.3 Å². The van der Waals surface area contributed by atoms with Crippen molar-refractivity contribution in [3.63, 3.8) is 0 Å². The Morgan fingerprint density at radius 2 is 2.07 bits per heavy atom. The Hall–Kier alpha value is -1.66. The van der Waals surface area contributed by atoms with Crippen LogP contribution in [0.25, 0.3) is 0 Å². The highest BCUT2D eigenvalue weighted by Crippen LogP contribution is 2.66. The van der Waals surface area contributed by atoms with Crippen molar-refractivity contribution >= 4 is 44.0 Å². The summed E-state index contributed by atoms with van der Waals surface area (Å²) in [5.74, 6) is 1.36. The molecule has 0 radical (unpaired) electrons. The van der Waals surface area contributed by atoms with Gasteiger partial charge in [0, 0.05) is 16.0 Å². The number of hydrogen-bond acceptors (Lipinski definition) is 3. The van der Waals surface area contributed by atoms with Crippen molar-refractivity contribution in [3.05, 3.63) is 62.5 Å². The number of nitrogens with zero attached hydrogens (tertiary/aromatic N) is 1. The maximum Gasteiger partial charge on any atom is 0.244 e. The monoisotopic (exact) mass is 518 g/mol. The van der Waals surface area contributed by atoms with Crippen molar-refractivity contribution < 1.29 is 9.53 Å². The molecule has 0 spiro atoms. The number of carbonyl (C=O) groups is 1. The van der Waals surface area contributed by atoms with Crippen LogP contribution in [0.2, 0.25) is 0 Å². The highest BCUT2D eigenvalue weighted by Gasteiger charge is 2.64. The van der Waals surface area contributed by atoms with Gasteiger partial charge in [-0.2, -0.15) is 5.10 Å². The van der Waals surface area contributed by atoms with E-state index in [0.29, 0.717) is 18.3 Å². The molecule has 2 fully saturated rings. The number of amides is 1. The summed E-state index contributed by atoms with van der Waals surface area (Å²) in [6.45, 7) is 2.70. The summed E-state index contributed by atoms with van der Waals surface area (Å²) < 4.78 is 7.79. The molecule has 29 heavy (non-hydrogen) atoms. The summed E-state index contributed by atoms with van der Waals surface area (Å²) >= 11 is 7.08. The molecule has 4 rings (SSSR count). The van der Waals surface area contributed by atoms with Crippen LogP contribution in [0.4, 0.5) is 0 Å². The third-order valence-corrected chi connectivity index (χ3v) is 7.30. The fraction of sp³-hybridized carbons (Fsp3) is 0.391. The third-order valence-electron chi connectivity index (χ3n) is 6.26. The van der Waals surface area contributed by atoms with Crippen LogP contribution in [0, 0.1) is 17.3 Å². The lowest BCUT2D eigenvalue weighted by atomic mass is 9.90. The summed E-state index contributed by atoms with van der Waals surface area (Å²) in [6.07, 6.45) is 6.43. The lowest BCUT2D eigenvalue weighted by Crippen LogP contribution is -2.22. The largest absolute Gasteiger partial charge is 0.487 e. The van der Waals surface area contributed by atoms with Crippen LogP contribution in [0.5, 0.6) is 5.75 Å². The van der Waals surface area contributed by atoms with E-state index in [9.17, 15) is 4.79 Å². The molecule has 2 aliphatic carbocycles. The van der Waals surface area contributed by atoms with Crippen LogP contribution in [-0.2, 0) is 11.4 Å². The minimum atomic E-state index is 0.0384. The van der Waals surface area contributed by atoms with Crippen LogP contribution in [0.1, 0.15) is 43.7 Å². The molecule has 0 aliphatic heterocycles. The van der Waals surface area contributed by atoms with Crippen LogP contribution >= 0.6 is 31.9 Å². The molecule has 6 heteroatoms. The molecule has 0 saturated heterocycles. The number of nitrogens with one attached hydrogen (secondary N) is 1. The Morgan fingerprint density at radius 3 is 2.79 bits per heavy atom. The molecule has 0 bridgehead atoms. The molecule has 2 aromatic rings. The minimum absolute atomic E-state index is 0.0384. The Morgan fingerprint density at radius 1 is 1.28 bits per heavy atom. The first-order chi connectivity index (χ1) is 14.0. The molecule has 3 atom stereocenters. The van der Waals surface area contributed by atoms with Gasteiger partial charge in [0.1, 0.15) is 12.4 Å². The number of hydrazone groups is 1. The molecule has 1 amide bonds. The highest BCUT2D eigenvalue weighted by molar-refractivity contribution is 9.11. The fourth-order valence-electron chi connectivity index (χ4n) is 4.64. The van der Waals surface area contributed by atoms with E-state index in [4.69, 9.17) is 4.74 Å². The molecule has 0 unspecified atom stereocenters. The molecule has 4 nitrogen and oxygen atoms in total. The highest BCUT2D eigenvalue weighted by atomic mass is 79.9. The van der Waals surface area contributed by atoms with Gasteiger partial charge in [0.2, 0.25) is 5.91 Å². The normalized spacial score (nSPS) is 25.5. The molecular formula is C23H24Br2N2O2. The van der Waals surface area contributed by atoms with Crippen LogP contribution in [0.15, 0.2) is 56.5 Å². The zero-order chi connectivity index (χ0) is 20.4. The molecule has 1 N–H and O–H groups in total. The van der Waals surface area contributed by atoms with Gasteiger partial charge < -0.3 is 4.74 Å². The number of rotatable bonds is 6. The summed E-state index contributed by atoms with van der Waals surface area (Å²) in [7, 11) is 0. The molecule has 2 saturated carbocycles. The van der Waals surface area contributed by atoms with Crippen molar-refractivity contribution in [3.8, 4) is 5.75 Å². The van der Waals surface area contributed by atoms with E-state index in [1.807, 2.05) is 42.5 Å². The number of carbonyl (C=O) groups excluding carboxylic acids is 1. The van der Waals surface area contributed by atoms with Crippen molar-refractivity contribution in [1.82, 2.24) is 5.43 Å².